The molecule has 0 heterocycles. The Morgan fingerprint density at radius 2 is 1.45 bits per heavy atom. The Hall–Kier alpha value is -0.0500. The molecule has 0 saturated heterocycles. The lowest BCUT2D eigenvalue weighted by Crippen LogP contribution is -2.11. The minimum atomic E-state index is -2.16. The second-order valence-corrected chi connectivity index (χ2v) is 6.32. The van der Waals surface area contributed by atoms with Crippen molar-refractivity contribution >= 4 is 9.73 Å². The van der Waals surface area contributed by atoms with Crippen molar-refractivity contribution in [2.75, 3.05) is 11.5 Å². The van der Waals surface area contributed by atoms with E-state index >= 15 is 0 Å². The molecule has 0 atom stereocenters. The van der Waals surface area contributed by atoms with Gasteiger partial charge in [0.05, 0.1) is 0 Å². The third-order valence-corrected chi connectivity index (χ3v) is 4.42. The first kappa shape index (κ1) is 7.59. The molecule has 0 unspecified atom stereocenters. The Bertz CT molecular complexity index is 217. The average molecular weight is 173 g/mol. The van der Waals surface area contributed by atoms with E-state index in [0.717, 1.165) is 0 Å². The zero-order valence-electron chi connectivity index (χ0n) is 6.71. The summed E-state index contributed by atoms with van der Waals surface area (Å²) in [6, 6.07) is 0. The first-order valence-electron chi connectivity index (χ1n) is 4.40. The zero-order chi connectivity index (χ0) is 7.90. The van der Waals surface area contributed by atoms with Crippen molar-refractivity contribution < 1.29 is 4.21 Å². The molecule has 0 radical (unpaired) electrons. The number of hydrogen-bond donors (Lipinski definition) is 1. The van der Waals surface area contributed by atoms with E-state index in [0.29, 0.717) is 23.3 Å². The molecule has 2 fully saturated rings. The van der Waals surface area contributed by atoms with Crippen molar-refractivity contribution in [1.29, 1.82) is 4.78 Å². The molecule has 2 saturated carbocycles. The van der Waals surface area contributed by atoms with E-state index < -0.39 is 9.73 Å². The van der Waals surface area contributed by atoms with Crippen LogP contribution in [0.1, 0.15) is 25.7 Å². The third kappa shape index (κ3) is 2.47. The van der Waals surface area contributed by atoms with Gasteiger partial charge in [-0.1, -0.05) is 0 Å². The highest BCUT2D eigenvalue weighted by Crippen LogP contribution is 2.34. The Morgan fingerprint density at radius 1 is 1.09 bits per heavy atom. The summed E-state index contributed by atoms with van der Waals surface area (Å²) in [6.45, 7) is 0. The fourth-order valence-corrected chi connectivity index (χ4v) is 3.72. The largest absolute Gasteiger partial charge is 0.253 e. The van der Waals surface area contributed by atoms with Crippen molar-refractivity contribution in [2.45, 2.75) is 25.7 Å². The van der Waals surface area contributed by atoms with Crippen molar-refractivity contribution in [1.82, 2.24) is 0 Å². The predicted molar refractivity (Wildman–Crippen MR) is 46.0 cm³/mol. The normalized spacial score (nSPS) is 25.5. The van der Waals surface area contributed by atoms with Gasteiger partial charge in [-0.15, -0.1) is 0 Å². The van der Waals surface area contributed by atoms with Gasteiger partial charge < -0.3 is 0 Å². The summed E-state index contributed by atoms with van der Waals surface area (Å²) >= 11 is 0. The molecule has 2 aliphatic carbocycles. The molecule has 64 valence electrons. The second kappa shape index (κ2) is 2.47. The van der Waals surface area contributed by atoms with Gasteiger partial charge in [0.2, 0.25) is 0 Å². The molecule has 0 aromatic heterocycles. The van der Waals surface area contributed by atoms with Crippen LogP contribution in [0.25, 0.3) is 0 Å². The Labute approximate surface area is 68.4 Å². The average Bonchev–Trinajstić information content (AvgIpc) is 2.60. The van der Waals surface area contributed by atoms with Crippen LogP contribution < -0.4 is 0 Å². The van der Waals surface area contributed by atoms with Crippen LogP contribution in [0.2, 0.25) is 0 Å². The van der Waals surface area contributed by atoms with E-state index in [2.05, 4.69) is 0 Å². The summed E-state index contributed by atoms with van der Waals surface area (Å²) in [6.07, 6.45) is 4.89. The smallest absolute Gasteiger partial charge is 0.0446 e. The maximum Gasteiger partial charge on any atom is 0.0446 e. The van der Waals surface area contributed by atoms with Gasteiger partial charge in [-0.3, -0.25) is 4.78 Å². The van der Waals surface area contributed by atoms with Crippen LogP contribution in [0.3, 0.4) is 0 Å². The maximum absolute atomic E-state index is 11.6. The Kier molecular flexibility index (Phi) is 1.71. The van der Waals surface area contributed by atoms with Crippen molar-refractivity contribution in [2.24, 2.45) is 11.8 Å². The van der Waals surface area contributed by atoms with E-state index in [4.69, 9.17) is 4.78 Å². The van der Waals surface area contributed by atoms with E-state index in [1.807, 2.05) is 0 Å². The van der Waals surface area contributed by atoms with Gasteiger partial charge >= 0.3 is 0 Å². The third-order valence-electron chi connectivity index (χ3n) is 2.40. The number of nitrogens with one attached hydrogen (secondary N) is 1. The molecule has 0 amide bonds. The number of rotatable bonds is 4. The Morgan fingerprint density at radius 3 is 1.73 bits per heavy atom. The topological polar surface area (TPSA) is 40.9 Å². The van der Waals surface area contributed by atoms with Crippen molar-refractivity contribution in [3.63, 3.8) is 0 Å². The molecule has 2 nitrogen and oxygen atoms in total. The summed E-state index contributed by atoms with van der Waals surface area (Å²) in [5, 5.41) is 0. The van der Waals surface area contributed by atoms with Gasteiger partial charge in [0.25, 0.3) is 0 Å². The SMILES string of the molecule is N=S(=O)(CC1CC1)CC1CC1. The molecule has 0 aliphatic heterocycles. The van der Waals surface area contributed by atoms with Gasteiger partial charge in [-0.05, 0) is 37.5 Å². The van der Waals surface area contributed by atoms with Gasteiger partial charge in [-0.2, -0.15) is 0 Å². The molecule has 0 aromatic carbocycles. The van der Waals surface area contributed by atoms with Crippen molar-refractivity contribution in [3.8, 4) is 0 Å². The van der Waals surface area contributed by atoms with Crippen LogP contribution in [-0.4, -0.2) is 15.7 Å². The standard InChI is InChI=1S/C8H15NOS/c9-11(10,5-7-1-2-7)6-8-3-4-8/h7-9H,1-6H2. The highest BCUT2D eigenvalue weighted by molar-refractivity contribution is 7.92. The van der Waals surface area contributed by atoms with Gasteiger partial charge in [-0.25, -0.2) is 4.21 Å². The van der Waals surface area contributed by atoms with Crippen LogP contribution in [0.15, 0.2) is 0 Å². The summed E-state index contributed by atoms with van der Waals surface area (Å²) in [5.41, 5.74) is 0. The zero-order valence-corrected chi connectivity index (χ0v) is 7.53. The van der Waals surface area contributed by atoms with E-state index in [9.17, 15) is 4.21 Å². The fourth-order valence-electron chi connectivity index (χ4n) is 1.40. The fraction of sp³-hybridized carbons (Fsp3) is 1.00. The molecule has 1 N–H and O–H groups in total. The molecule has 2 aliphatic rings. The predicted octanol–water partition coefficient (Wildman–Crippen LogP) is 1.85. The summed E-state index contributed by atoms with van der Waals surface area (Å²) in [4.78, 5) is 0. The second-order valence-electron chi connectivity index (χ2n) is 4.03. The van der Waals surface area contributed by atoms with Crippen LogP contribution in [0, 0.1) is 16.6 Å². The molecule has 3 heteroatoms. The van der Waals surface area contributed by atoms with E-state index in [-0.39, 0.29) is 0 Å². The molecule has 2 rings (SSSR count). The van der Waals surface area contributed by atoms with Crippen LogP contribution in [0.4, 0.5) is 0 Å². The molecule has 0 bridgehead atoms. The molecular weight excluding hydrogens is 158 g/mol. The lowest BCUT2D eigenvalue weighted by Gasteiger charge is -2.03. The maximum atomic E-state index is 11.6. The molecule has 0 spiro atoms. The van der Waals surface area contributed by atoms with Crippen LogP contribution in [-0.2, 0) is 9.73 Å². The Balaban J connectivity index is 1.85. The highest BCUT2D eigenvalue weighted by Gasteiger charge is 2.30. The van der Waals surface area contributed by atoms with Crippen molar-refractivity contribution in [3.05, 3.63) is 0 Å². The lowest BCUT2D eigenvalue weighted by atomic mass is 10.5. The van der Waals surface area contributed by atoms with Gasteiger partial charge in [0.15, 0.2) is 0 Å². The molecular formula is C8H15NOS. The van der Waals surface area contributed by atoms with Gasteiger partial charge in [0, 0.05) is 21.2 Å². The van der Waals surface area contributed by atoms with Crippen LogP contribution in [0.5, 0.6) is 0 Å². The summed E-state index contributed by atoms with van der Waals surface area (Å²) in [5.74, 6) is 2.70. The lowest BCUT2D eigenvalue weighted by molar-refractivity contribution is 0.667. The van der Waals surface area contributed by atoms with E-state index in [1.54, 1.807) is 0 Å². The molecule has 0 aromatic rings. The highest BCUT2D eigenvalue weighted by atomic mass is 32.2. The summed E-state index contributed by atoms with van der Waals surface area (Å²) in [7, 11) is -2.16. The first-order valence-corrected chi connectivity index (χ1v) is 6.29. The van der Waals surface area contributed by atoms with E-state index in [1.165, 1.54) is 25.7 Å². The quantitative estimate of drug-likeness (QED) is 0.692. The minimum absolute atomic E-state index is 0.652. The monoisotopic (exact) mass is 173 g/mol. The first-order chi connectivity index (χ1) is 5.16. The van der Waals surface area contributed by atoms with Gasteiger partial charge in [0.1, 0.15) is 0 Å². The van der Waals surface area contributed by atoms with Crippen LogP contribution >= 0.6 is 0 Å². The number of hydrogen-bond acceptors (Lipinski definition) is 2. The molecule has 11 heavy (non-hydrogen) atoms. The summed E-state index contributed by atoms with van der Waals surface area (Å²) < 4.78 is 19.1. The minimum Gasteiger partial charge on any atom is -0.253 e.